The molecule has 5 heteroatoms. The van der Waals surface area contributed by atoms with E-state index < -0.39 is 0 Å². The van der Waals surface area contributed by atoms with E-state index in [1.54, 1.807) is 18.0 Å². The Morgan fingerprint density at radius 1 is 1.24 bits per heavy atom. The molecule has 0 aliphatic heterocycles. The predicted molar refractivity (Wildman–Crippen MR) is 88.9 cm³/mol. The maximum Gasteiger partial charge on any atom is 0.105 e. The molecule has 0 radical (unpaired) electrons. The van der Waals surface area contributed by atoms with Crippen molar-refractivity contribution in [2.45, 2.75) is 37.4 Å². The molecule has 0 saturated heterocycles. The molecule has 0 unspecified atom stereocenters. The van der Waals surface area contributed by atoms with E-state index in [4.69, 9.17) is 11.6 Å². The fourth-order valence-corrected chi connectivity index (χ4v) is 2.73. The minimum Gasteiger partial charge on any atom is -0.312 e. The molecule has 0 bridgehead atoms. The van der Waals surface area contributed by atoms with Gasteiger partial charge in [0, 0.05) is 18.9 Å². The van der Waals surface area contributed by atoms with Crippen molar-refractivity contribution in [2.75, 3.05) is 6.54 Å². The van der Waals surface area contributed by atoms with Gasteiger partial charge in [0.2, 0.25) is 0 Å². The minimum atomic E-state index is 0.649. The van der Waals surface area contributed by atoms with Crippen LogP contribution in [0.5, 0.6) is 0 Å². The molecular formula is C16H20ClN3S. The van der Waals surface area contributed by atoms with Gasteiger partial charge in [0.15, 0.2) is 0 Å². The number of aromatic nitrogens is 2. The standard InChI is InChI=1S/C16H20ClN3S/c1-11(2)7-18-8-13-6-12(3)16(20-9-13)21-15-5-4-14(17)10-19-15/h4-6,9-11,18H,7-8H2,1-3H3. The number of nitrogens with one attached hydrogen (secondary N) is 1. The van der Waals surface area contributed by atoms with Crippen molar-refractivity contribution in [1.29, 1.82) is 0 Å². The molecule has 2 heterocycles. The Hall–Kier alpha value is -1.10. The van der Waals surface area contributed by atoms with E-state index in [1.165, 1.54) is 11.1 Å². The summed E-state index contributed by atoms with van der Waals surface area (Å²) in [5.74, 6) is 0.657. The molecule has 21 heavy (non-hydrogen) atoms. The molecule has 2 rings (SSSR count). The molecule has 1 N–H and O–H groups in total. The first-order chi connectivity index (χ1) is 10.0. The van der Waals surface area contributed by atoms with Crippen molar-refractivity contribution in [3.05, 3.63) is 46.7 Å². The Morgan fingerprint density at radius 2 is 2.05 bits per heavy atom. The van der Waals surface area contributed by atoms with Crippen LogP contribution >= 0.6 is 23.4 Å². The van der Waals surface area contributed by atoms with Crippen LogP contribution < -0.4 is 5.32 Å². The molecule has 0 aliphatic carbocycles. The van der Waals surface area contributed by atoms with E-state index in [-0.39, 0.29) is 0 Å². The first kappa shape index (κ1) is 16.3. The summed E-state index contributed by atoms with van der Waals surface area (Å²) in [6.07, 6.45) is 3.59. The van der Waals surface area contributed by atoms with Gasteiger partial charge in [-0.15, -0.1) is 0 Å². The average molecular weight is 322 g/mol. The summed E-state index contributed by atoms with van der Waals surface area (Å²) in [5.41, 5.74) is 2.38. The van der Waals surface area contributed by atoms with Crippen LogP contribution in [0.2, 0.25) is 5.02 Å². The molecule has 0 spiro atoms. The molecule has 0 fully saturated rings. The molecule has 0 aliphatic rings. The van der Waals surface area contributed by atoms with Crippen molar-refractivity contribution in [3.8, 4) is 0 Å². The molecular weight excluding hydrogens is 302 g/mol. The van der Waals surface area contributed by atoms with Crippen LogP contribution in [0.1, 0.15) is 25.0 Å². The van der Waals surface area contributed by atoms with Crippen LogP contribution in [0.25, 0.3) is 0 Å². The average Bonchev–Trinajstić information content (AvgIpc) is 2.44. The maximum absolute atomic E-state index is 5.84. The van der Waals surface area contributed by atoms with Crippen LogP contribution in [-0.2, 0) is 6.54 Å². The lowest BCUT2D eigenvalue weighted by molar-refractivity contribution is 0.551. The summed E-state index contributed by atoms with van der Waals surface area (Å²) in [4.78, 5) is 8.83. The SMILES string of the molecule is Cc1cc(CNCC(C)C)cnc1Sc1ccc(Cl)cn1. The largest absolute Gasteiger partial charge is 0.312 e. The second kappa shape index (κ2) is 7.78. The second-order valence-corrected chi connectivity index (χ2v) is 6.85. The van der Waals surface area contributed by atoms with Gasteiger partial charge in [-0.2, -0.15) is 0 Å². The van der Waals surface area contributed by atoms with Gasteiger partial charge in [-0.05, 0) is 54.4 Å². The van der Waals surface area contributed by atoms with Crippen LogP contribution in [-0.4, -0.2) is 16.5 Å². The number of pyridine rings is 2. The minimum absolute atomic E-state index is 0.649. The second-order valence-electron chi connectivity index (χ2n) is 5.41. The zero-order chi connectivity index (χ0) is 15.2. The van der Waals surface area contributed by atoms with Gasteiger partial charge in [-0.3, -0.25) is 0 Å². The molecule has 2 aromatic heterocycles. The number of halogens is 1. The highest BCUT2D eigenvalue weighted by Crippen LogP contribution is 2.27. The van der Waals surface area contributed by atoms with Gasteiger partial charge in [0.05, 0.1) is 5.02 Å². The first-order valence-electron chi connectivity index (χ1n) is 7.00. The predicted octanol–water partition coefficient (Wildman–Crippen LogP) is 4.34. The molecule has 0 atom stereocenters. The van der Waals surface area contributed by atoms with Crippen LogP contribution in [0, 0.1) is 12.8 Å². The summed E-state index contributed by atoms with van der Waals surface area (Å²) in [6.45, 7) is 8.36. The van der Waals surface area contributed by atoms with Crippen LogP contribution in [0.15, 0.2) is 40.6 Å². The van der Waals surface area contributed by atoms with Crippen molar-refractivity contribution in [1.82, 2.24) is 15.3 Å². The van der Waals surface area contributed by atoms with Gasteiger partial charge in [-0.25, -0.2) is 9.97 Å². The highest BCUT2D eigenvalue weighted by molar-refractivity contribution is 7.99. The quantitative estimate of drug-likeness (QED) is 0.859. The van der Waals surface area contributed by atoms with E-state index in [0.29, 0.717) is 10.9 Å². The van der Waals surface area contributed by atoms with Gasteiger partial charge < -0.3 is 5.32 Å². The summed E-state index contributed by atoms with van der Waals surface area (Å²) in [6, 6.07) is 5.93. The van der Waals surface area contributed by atoms with E-state index in [9.17, 15) is 0 Å². The molecule has 112 valence electrons. The zero-order valence-electron chi connectivity index (χ0n) is 12.6. The lowest BCUT2D eigenvalue weighted by Crippen LogP contribution is -2.19. The third-order valence-electron chi connectivity index (χ3n) is 2.87. The zero-order valence-corrected chi connectivity index (χ0v) is 14.1. The maximum atomic E-state index is 5.84. The third kappa shape index (κ3) is 5.30. The first-order valence-corrected chi connectivity index (χ1v) is 8.19. The molecule has 3 nitrogen and oxygen atoms in total. The molecule has 0 amide bonds. The topological polar surface area (TPSA) is 37.8 Å². The van der Waals surface area contributed by atoms with Crippen molar-refractivity contribution in [3.63, 3.8) is 0 Å². The highest BCUT2D eigenvalue weighted by atomic mass is 35.5. The number of hydrogen-bond acceptors (Lipinski definition) is 4. The molecule has 0 saturated carbocycles. The summed E-state index contributed by atoms with van der Waals surface area (Å²) in [7, 11) is 0. The Kier molecular flexibility index (Phi) is 6.03. The normalized spacial score (nSPS) is 11.1. The van der Waals surface area contributed by atoms with E-state index in [0.717, 1.165) is 23.1 Å². The van der Waals surface area contributed by atoms with Gasteiger partial charge in [-0.1, -0.05) is 31.5 Å². The summed E-state index contributed by atoms with van der Waals surface area (Å²) >= 11 is 7.40. The van der Waals surface area contributed by atoms with E-state index in [1.807, 2.05) is 18.3 Å². The monoisotopic (exact) mass is 321 g/mol. The highest BCUT2D eigenvalue weighted by Gasteiger charge is 2.05. The molecule has 0 aromatic carbocycles. The Bertz CT molecular complexity index is 585. The lowest BCUT2D eigenvalue weighted by Gasteiger charge is -2.09. The summed E-state index contributed by atoms with van der Waals surface area (Å²) < 4.78 is 0. The third-order valence-corrected chi connectivity index (χ3v) is 4.17. The van der Waals surface area contributed by atoms with Gasteiger partial charge >= 0.3 is 0 Å². The number of rotatable bonds is 6. The molecule has 2 aromatic rings. The Morgan fingerprint density at radius 3 is 2.67 bits per heavy atom. The van der Waals surface area contributed by atoms with Crippen molar-refractivity contribution < 1.29 is 0 Å². The smallest absolute Gasteiger partial charge is 0.105 e. The van der Waals surface area contributed by atoms with Crippen molar-refractivity contribution >= 4 is 23.4 Å². The Balaban J connectivity index is 2.00. The summed E-state index contributed by atoms with van der Waals surface area (Å²) in [5, 5.41) is 5.97. The van der Waals surface area contributed by atoms with Gasteiger partial charge in [0.25, 0.3) is 0 Å². The van der Waals surface area contributed by atoms with Gasteiger partial charge in [0.1, 0.15) is 10.1 Å². The number of hydrogen-bond donors (Lipinski definition) is 1. The fourth-order valence-electron chi connectivity index (χ4n) is 1.85. The Labute approximate surface area is 135 Å². The number of aryl methyl sites for hydroxylation is 1. The van der Waals surface area contributed by atoms with Crippen LogP contribution in [0.4, 0.5) is 0 Å². The van der Waals surface area contributed by atoms with Crippen LogP contribution in [0.3, 0.4) is 0 Å². The lowest BCUT2D eigenvalue weighted by atomic mass is 10.2. The fraction of sp³-hybridized carbons (Fsp3) is 0.375. The van der Waals surface area contributed by atoms with E-state index in [2.05, 4.69) is 42.1 Å². The van der Waals surface area contributed by atoms with Crippen molar-refractivity contribution in [2.24, 2.45) is 5.92 Å². The number of nitrogens with zero attached hydrogens (tertiary/aromatic N) is 2. The van der Waals surface area contributed by atoms with E-state index >= 15 is 0 Å².